The van der Waals surface area contributed by atoms with Crippen molar-refractivity contribution in [2.75, 3.05) is 17.7 Å². The van der Waals surface area contributed by atoms with Gasteiger partial charge in [-0.1, -0.05) is 24.4 Å². The molecule has 1 aromatic carbocycles. The number of thioether (sulfide) groups is 1. The van der Waals surface area contributed by atoms with Crippen LogP contribution in [0.2, 0.25) is 5.02 Å². The Hall–Kier alpha value is -2.65. The first-order chi connectivity index (χ1) is 17.0. The second kappa shape index (κ2) is 10.5. The number of hydrogen-bond donors (Lipinski definition) is 2. The molecular weight excluding hydrogens is 486 g/mol. The van der Waals surface area contributed by atoms with Gasteiger partial charge in [-0.25, -0.2) is 9.78 Å². The number of ether oxygens (including phenoxy) is 2. The van der Waals surface area contributed by atoms with Crippen molar-refractivity contribution in [3.05, 3.63) is 40.9 Å². The van der Waals surface area contributed by atoms with Gasteiger partial charge in [-0.2, -0.15) is 0 Å². The maximum atomic E-state index is 11.8. The van der Waals surface area contributed by atoms with Crippen LogP contribution in [0.15, 0.2) is 29.5 Å². The Bertz CT molecular complexity index is 1250. The van der Waals surface area contributed by atoms with Crippen LogP contribution in [0.1, 0.15) is 50.4 Å². The summed E-state index contributed by atoms with van der Waals surface area (Å²) in [7, 11) is 0. The van der Waals surface area contributed by atoms with Gasteiger partial charge in [0.1, 0.15) is 5.04 Å². The van der Waals surface area contributed by atoms with Crippen LogP contribution in [0.4, 0.5) is 10.5 Å². The average molecular weight is 516 g/mol. The Balaban J connectivity index is 1.28. The van der Waals surface area contributed by atoms with Gasteiger partial charge in [0, 0.05) is 28.7 Å². The summed E-state index contributed by atoms with van der Waals surface area (Å²) in [6, 6.07) is 6.83. The molecule has 3 heterocycles. The number of carbonyl (C=O) groups is 1. The molecule has 3 aromatic rings. The molecular formula is C25H30ClN5O3S. The minimum Gasteiger partial charge on any atom is -0.434 e. The minimum atomic E-state index is -0.713. The molecule has 2 N–H and O–H groups in total. The number of nitrogens with one attached hydrogen (secondary N) is 2. The number of aliphatic imine (C=N–C) groups is 1. The Kier molecular flexibility index (Phi) is 7.24. The van der Waals surface area contributed by atoms with Gasteiger partial charge >= 0.3 is 6.16 Å². The number of fused-ring (bicyclic) bond motifs is 1. The predicted molar refractivity (Wildman–Crippen MR) is 141 cm³/mol. The monoisotopic (exact) mass is 515 g/mol. The summed E-state index contributed by atoms with van der Waals surface area (Å²) in [4.78, 5) is 24.6. The van der Waals surface area contributed by atoms with Gasteiger partial charge in [-0.15, -0.1) is 11.8 Å². The van der Waals surface area contributed by atoms with E-state index in [1.807, 2.05) is 23.6 Å². The average Bonchev–Trinajstić information content (AvgIpc) is 3.61. The zero-order valence-electron chi connectivity index (χ0n) is 20.0. The summed E-state index contributed by atoms with van der Waals surface area (Å²) in [5.74, 6) is 1.33. The minimum absolute atomic E-state index is 0.166. The third kappa shape index (κ3) is 5.46. The Morgan fingerprint density at radius 3 is 2.94 bits per heavy atom. The topological polar surface area (TPSA) is 93.5 Å². The summed E-state index contributed by atoms with van der Waals surface area (Å²) in [5.41, 5.74) is 3.82. The summed E-state index contributed by atoms with van der Waals surface area (Å²) >= 11 is 8.19. The molecule has 1 fully saturated rings. The second-order valence-corrected chi connectivity index (χ2v) is 10.5. The number of rotatable bonds is 8. The number of imidazole rings is 1. The molecule has 0 unspecified atom stereocenters. The molecule has 1 saturated carbocycles. The van der Waals surface area contributed by atoms with Crippen molar-refractivity contribution in [2.45, 2.75) is 64.6 Å². The molecule has 0 saturated heterocycles. The van der Waals surface area contributed by atoms with Crippen molar-refractivity contribution in [3.8, 4) is 5.88 Å². The molecule has 0 amide bonds. The smallest absolute Gasteiger partial charge is 0.434 e. The van der Waals surface area contributed by atoms with E-state index in [1.165, 1.54) is 25.7 Å². The standard InChI is InChI=1S/C25H30ClN5O3S/c1-3-33-25(32)34-24-15(2)27-14-31(24)9-8-19-13-35-23(29-19)21-11-16-10-17(26)12-20(22(16)30-21)28-18-6-4-5-7-18/h10-12,14,18-19,28,30H,3-9,13H2,1-2H3/t19-/m1/s1. The Morgan fingerprint density at radius 1 is 1.31 bits per heavy atom. The van der Waals surface area contributed by atoms with E-state index in [1.54, 1.807) is 25.0 Å². The molecule has 1 aliphatic carbocycles. The number of nitrogens with zero attached hydrogens (tertiary/aromatic N) is 3. The number of aromatic amines is 1. The van der Waals surface area contributed by atoms with Crippen molar-refractivity contribution >= 4 is 51.2 Å². The molecule has 0 bridgehead atoms. The summed E-state index contributed by atoms with van der Waals surface area (Å²) in [6.45, 7) is 4.47. The maximum Gasteiger partial charge on any atom is 0.515 e. The zero-order chi connectivity index (χ0) is 24.4. The number of hydrogen-bond acceptors (Lipinski definition) is 7. The number of halogens is 1. The summed E-state index contributed by atoms with van der Waals surface area (Å²) < 4.78 is 12.1. The summed E-state index contributed by atoms with van der Waals surface area (Å²) in [5, 5.41) is 6.53. The van der Waals surface area contributed by atoms with Crippen molar-refractivity contribution in [1.82, 2.24) is 14.5 Å². The van der Waals surface area contributed by atoms with Crippen LogP contribution >= 0.6 is 23.4 Å². The molecule has 35 heavy (non-hydrogen) atoms. The second-order valence-electron chi connectivity index (χ2n) is 9.03. The van der Waals surface area contributed by atoms with E-state index in [0.29, 0.717) is 24.2 Å². The molecule has 1 atom stereocenters. The van der Waals surface area contributed by atoms with E-state index < -0.39 is 6.16 Å². The fourth-order valence-electron chi connectivity index (χ4n) is 4.72. The van der Waals surface area contributed by atoms with E-state index in [4.69, 9.17) is 26.1 Å². The highest BCUT2D eigenvalue weighted by Gasteiger charge is 2.23. The normalized spacial score (nSPS) is 18.3. The van der Waals surface area contributed by atoms with Crippen molar-refractivity contribution in [3.63, 3.8) is 0 Å². The number of carbonyl (C=O) groups excluding carboxylic acids is 1. The highest BCUT2D eigenvalue weighted by atomic mass is 35.5. The van der Waals surface area contributed by atoms with Crippen LogP contribution in [0.3, 0.4) is 0 Å². The highest BCUT2D eigenvalue weighted by molar-refractivity contribution is 8.14. The summed E-state index contributed by atoms with van der Waals surface area (Å²) in [6.07, 6.45) is 6.75. The molecule has 2 aromatic heterocycles. The van der Waals surface area contributed by atoms with E-state index in [2.05, 4.69) is 21.4 Å². The molecule has 0 radical (unpaired) electrons. The first kappa shape index (κ1) is 24.1. The number of aromatic nitrogens is 3. The van der Waals surface area contributed by atoms with E-state index in [9.17, 15) is 4.79 Å². The molecule has 8 nitrogen and oxygen atoms in total. The van der Waals surface area contributed by atoms with Gasteiger partial charge in [-0.3, -0.25) is 4.99 Å². The lowest BCUT2D eigenvalue weighted by atomic mass is 10.2. The first-order valence-corrected chi connectivity index (χ1v) is 13.5. The van der Waals surface area contributed by atoms with Gasteiger partial charge in [0.15, 0.2) is 0 Å². The SMILES string of the molecule is CCOC(=O)Oc1c(C)ncn1CC[C@@H]1CSC(c2cc3cc(Cl)cc(NC4CCCC4)c3[nH]2)=N1. The van der Waals surface area contributed by atoms with Gasteiger partial charge in [-0.05, 0) is 51.3 Å². The van der Waals surface area contributed by atoms with Gasteiger partial charge in [0.05, 0.1) is 41.6 Å². The van der Waals surface area contributed by atoms with Crippen molar-refractivity contribution in [1.29, 1.82) is 0 Å². The molecule has 186 valence electrons. The van der Waals surface area contributed by atoms with Crippen molar-refractivity contribution < 1.29 is 14.3 Å². The Labute approximate surface area is 213 Å². The lowest BCUT2D eigenvalue weighted by Gasteiger charge is -2.14. The molecule has 2 aliphatic rings. The van der Waals surface area contributed by atoms with Crippen molar-refractivity contribution in [2.24, 2.45) is 4.99 Å². The maximum absolute atomic E-state index is 11.8. The van der Waals surface area contributed by atoms with Crippen LogP contribution in [0.25, 0.3) is 10.9 Å². The third-order valence-corrected chi connectivity index (χ3v) is 7.83. The van der Waals surface area contributed by atoms with Gasteiger partial charge in [0.25, 0.3) is 0 Å². The van der Waals surface area contributed by atoms with Gasteiger partial charge in [0.2, 0.25) is 5.88 Å². The van der Waals surface area contributed by atoms with Crippen LogP contribution in [-0.2, 0) is 11.3 Å². The van der Waals surface area contributed by atoms with Crippen LogP contribution in [0, 0.1) is 6.92 Å². The quantitative estimate of drug-likeness (QED) is 0.348. The molecule has 0 spiro atoms. The molecule has 1 aliphatic heterocycles. The third-order valence-electron chi connectivity index (χ3n) is 6.46. The van der Waals surface area contributed by atoms with E-state index >= 15 is 0 Å². The van der Waals surface area contributed by atoms with Crippen LogP contribution < -0.4 is 10.1 Å². The molecule has 5 rings (SSSR count). The van der Waals surface area contributed by atoms with E-state index in [-0.39, 0.29) is 12.6 Å². The molecule has 10 heteroatoms. The predicted octanol–water partition coefficient (Wildman–Crippen LogP) is 6.17. The Morgan fingerprint density at radius 2 is 2.14 bits per heavy atom. The largest absolute Gasteiger partial charge is 0.515 e. The fraction of sp³-hybridized carbons (Fsp3) is 0.480. The zero-order valence-corrected chi connectivity index (χ0v) is 21.5. The number of anilines is 1. The fourth-order valence-corrected chi connectivity index (χ4v) is 6.02. The number of benzene rings is 1. The van der Waals surface area contributed by atoms with Crippen LogP contribution in [-0.4, -0.2) is 50.2 Å². The lowest BCUT2D eigenvalue weighted by Crippen LogP contribution is -2.15. The first-order valence-electron chi connectivity index (χ1n) is 12.2. The van der Waals surface area contributed by atoms with E-state index in [0.717, 1.165) is 44.5 Å². The lowest BCUT2D eigenvalue weighted by molar-refractivity contribution is 0.101. The number of H-pyrrole nitrogens is 1. The number of aryl methyl sites for hydroxylation is 2. The highest BCUT2D eigenvalue weighted by Crippen LogP contribution is 2.34. The van der Waals surface area contributed by atoms with Crippen LogP contribution in [0.5, 0.6) is 5.88 Å². The van der Waals surface area contributed by atoms with Gasteiger partial charge < -0.3 is 24.3 Å².